The van der Waals surface area contributed by atoms with Crippen LogP contribution in [0.4, 0.5) is 0 Å². The molecular weight excluding hydrogens is 316 g/mol. The highest BCUT2D eigenvalue weighted by Crippen LogP contribution is 2.45. The highest BCUT2D eigenvalue weighted by atomic mass is 79.9. The van der Waals surface area contributed by atoms with Crippen molar-refractivity contribution in [2.24, 2.45) is 0 Å². The van der Waals surface area contributed by atoms with Gasteiger partial charge >= 0.3 is 0 Å². The molecule has 108 valence electrons. The summed E-state index contributed by atoms with van der Waals surface area (Å²) in [5.41, 5.74) is 0.951. The molecule has 2 fully saturated rings. The maximum atomic E-state index is 13.0. The van der Waals surface area contributed by atoms with Crippen LogP contribution in [0.3, 0.4) is 0 Å². The topological polar surface area (TPSA) is 23.6 Å². The Hall–Kier alpha value is -0.870. The Morgan fingerprint density at radius 3 is 2.20 bits per heavy atom. The van der Waals surface area contributed by atoms with Gasteiger partial charge in [-0.1, -0.05) is 34.5 Å². The molecule has 0 radical (unpaired) electrons. The fraction of sp³-hybridized carbons (Fsp3) is 0.562. The molecule has 1 aromatic rings. The summed E-state index contributed by atoms with van der Waals surface area (Å²) < 4.78 is 1.07. The zero-order chi connectivity index (χ0) is 14.2. The molecule has 1 saturated heterocycles. The van der Waals surface area contributed by atoms with Crippen LogP contribution in [0.5, 0.6) is 0 Å². The molecule has 1 aliphatic heterocycles. The molecular formula is C16H21BrN2O. The number of piperazine rings is 1. The summed E-state index contributed by atoms with van der Waals surface area (Å²) in [4.78, 5) is 17.3. The van der Waals surface area contributed by atoms with E-state index < -0.39 is 0 Å². The van der Waals surface area contributed by atoms with Gasteiger partial charge in [0.2, 0.25) is 5.91 Å². The summed E-state index contributed by atoms with van der Waals surface area (Å²) >= 11 is 3.47. The van der Waals surface area contributed by atoms with E-state index in [1.165, 1.54) is 5.56 Å². The molecule has 1 amide bonds. The number of halogens is 1. The number of hydrogen-bond acceptors (Lipinski definition) is 2. The number of carbonyl (C=O) groups is 1. The fourth-order valence-electron chi connectivity index (χ4n) is 3.24. The molecule has 4 heteroatoms. The Morgan fingerprint density at radius 1 is 1.10 bits per heavy atom. The van der Waals surface area contributed by atoms with Gasteiger partial charge in [-0.2, -0.15) is 0 Å². The Kier molecular flexibility index (Phi) is 3.87. The van der Waals surface area contributed by atoms with E-state index in [1.54, 1.807) is 0 Å². The molecule has 0 unspecified atom stereocenters. The van der Waals surface area contributed by atoms with Gasteiger partial charge in [-0.15, -0.1) is 0 Å². The number of rotatable bonds is 2. The summed E-state index contributed by atoms with van der Waals surface area (Å²) in [6.45, 7) is 3.71. The van der Waals surface area contributed by atoms with Gasteiger partial charge < -0.3 is 9.80 Å². The van der Waals surface area contributed by atoms with Crippen LogP contribution in [0.2, 0.25) is 0 Å². The van der Waals surface area contributed by atoms with E-state index in [0.29, 0.717) is 5.91 Å². The van der Waals surface area contributed by atoms with Crippen molar-refractivity contribution in [3.63, 3.8) is 0 Å². The van der Waals surface area contributed by atoms with Crippen molar-refractivity contribution in [3.05, 3.63) is 34.3 Å². The molecule has 0 aromatic heterocycles. The number of nitrogens with zero attached hydrogens (tertiary/aromatic N) is 2. The maximum Gasteiger partial charge on any atom is 0.233 e. The van der Waals surface area contributed by atoms with Crippen LogP contribution in [0.25, 0.3) is 0 Å². The average molecular weight is 337 g/mol. The number of benzene rings is 1. The van der Waals surface area contributed by atoms with Crippen LogP contribution in [0, 0.1) is 0 Å². The number of likely N-dealkylation sites (N-methyl/N-ethyl adjacent to an activating group) is 1. The van der Waals surface area contributed by atoms with Crippen molar-refractivity contribution >= 4 is 21.8 Å². The second-order valence-corrected chi connectivity index (χ2v) is 6.95. The van der Waals surface area contributed by atoms with E-state index in [2.05, 4.69) is 44.9 Å². The highest BCUT2D eigenvalue weighted by Gasteiger charge is 2.47. The van der Waals surface area contributed by atoms with E-state index in [9.17, 15) is 4.79 Å². The first-order valence-electron chi connectivity index (χ1n) is 7.36. The standard InChI is InChI=1S/C16H21BrN2O/c1-18-9-11-19(12-10-18)15(20)16(7-2-8-16)13-3-5-14(17)6-4-13/h3-6H,2,7-12H2,1H3. The molecule has 1 saturated carbocycles. The first-order valence-corrected chi connectivity index (χ1v) is 8.15. The molecule has 0 atom stereocenters. The van der Waals surface area contributed by atoms with E-state index in [-0.39, 0.29) is 5.41 Å². The van der Waals surface area contributed by atoms with Crippen molar-refractivity contribution in [3.8, 4) is 0 Å². The third-order valence-corrected chi connectivity index (χ3v) is 5.33. The van der Waals surface area contributed by atoms with E-state index in [4.69, 9.17) is 0 Å². The van der Waals surface area contributed by atoms with Gasteiger partial charge in [0.15, 0.2) is 0 Å². The first kappa shape index (κ1) is 14.1. The van der Waals surface area contributed by atoms with Gasteiger partial charge in [0.25, 0.3) is 0 Å². The lowest BCUT2D eigenvalue weighted by Gasteiger charge is -2.45. The highest BCUT2D eigenvalue weighted by molar-refractivity contribution is 9.10. The van der Waals surface area contributed by atoms with Gasteiger partial charge in [-0.3, -0.25) is 4.79 Å². The Balaban J connectivity index is 1.81. The Labute approximate surface area is 129 Å². The predicted octanol–water partition coefficient (Wildman–Crippen LogP) is 2.64. The largest absolute Gasteiger partial charge is 0.339 e. The van der Waals surface area contributed by atoms with E-state index in [1.807, 2.05) is 12.1 Å². The smallest absolute Gasteiger partial charge is 0.233 e. The minimum absolute atomic E-state index is 0.239. The third kappa shape index (κ3) is 2.40. The molecule has 1 heterocycles. The zero-order valence-corrected chi connectivity index (χ0v) is 13.5. The normalized spacial score (nSPS) is 22.4. The quantitative estimate of drug-likeness (QED) is 0.828. The lowest BCUT2D eigenvalue weighted by Crippen LogP contribution is -2.56. The predicted molar refractivity (Wildman–Crippen MR) is 83.7 cm³/mol. The number of carbonyl (C=O) groups excluding carboxylic acids is 1. The molecule has 0 bridgehead atoms. The van der Waals surface area contributed by atoms with Crippen LogP contribution >= 0.6 is 15.9 Å². The maximum absolute atomic E-state index is 13.0. The first-order chi connectivity index (χ1) is 9.62. The monoisotopic (exact) mass is 336 g/mol. The SMILES string of the molecule is CN1CCN(C(=O)C2(c3ccc(Br)cc3)CCC2)CC1. The minimum atomic E-state index is -0.239. The summed E-state index contributed by atoms with van der Waals surface area (Å²) in [6, 6.07) is 8.31. The fourth-order valence-corrected chi connectivity index (χ4v) is 3.50. The van der Waals surface area contributed by atoms with Gasteiger partial charge in [0, 0.05) is 30.7 Å². The molecule has 2 aliphatic rings. The van der Waals surface area contributed by atoms with Gasteiger partial charge in [-0.05, 0) is 37.6 Å². The van der Waals surface area contributed by atoms with E-state index >= 15 is 0 Å². The lowest BCUT2D eigenvalue weighted by atomic mass is 9.63. The molecule has 1 aliphatic carbocycles. The van der Waals surface area contributed by atoms with Gasteiger partial charge in [0.1, 0.15) is 0 Å². The van der Waals surface area contributed by atoms with Crippen molar-refractivity contribution in [2.45, 2.75) is 24.7 Å². The minimum Gasteiger partial charge on any atom is -0.339 e. The summed E-state index contributed by atoms with van der Waals surface area (Å²) in [7, 11) is 2.12. The Morgan fingerprint density at radius 2 is 1.70 bits per heavy atom. The Bertz CT molecular complexity index is 488. The average Bonchev–Trinajstić information content (AvgIpc) is 2.40. The zero-order valence-electron chi connectivity index (χ0n) is 11.9. The molecule has 0 spiro atoms. The molecule has 1 aromatic carbocycles. The number of amides is 1. The van der Waals surface area contributed by atoms with Gasteiger partial charge in [0.05, 0.1) is 5.41 Å². The molecule has 20 heavy (non-hydrogen) atoms. The molecule has 3 nitrogen and oxygen atoms in total. The summed E-state index contributed by atoms with van der Waals surface area (Å²) in [6.07, 6.45) is 3.16. The van der Waals surface area contributed by atoms with Gasteiger partial charge in [-0.25, -0.2) is 0 Å². The van der Waals surface area contributed by atoms with Crippen molar-refractivity contribution in [1.82, 2.24) is 9.80 Å². The van der Waals surface area contributed by atoms with Crippen molar-refractivity contribution < 1.29 is 4.79 Å². The van der Waals surface area contributed by atoms with Crippen molar-refractivity contribution in [1.29, 1.82) is 0 Å². The van der Waals surface area contributed by atoms with Crippen LogP contribution in [0.1, 0.15) is 24.8 Å². The third-order valence-electron chi connectivity index (χ3n) is 4.80. The van der Waals surface area contributed by atoms with E-state index in [0.717, 1.165) is 49.9 Å². The lowest BCUT2D eigenvalue weighted by molar-refractivity contribution is -0.142. The number of hydrogen-bond donors (Lipinski definition) is 0. The van der Waals surface area contributed by atoms with Crippen LogP contribution in [0.15, 0.2) is 28.7 Å². The van der Waals surface area contributed by atoms with Crippen LogP contribution in [-0.4, -0.2) is 48.9 Å². The van der Waals surface area contributed by atoms with Crippen LogP contribution in [-0.2, 0) is 10.2 Å². The summed E-state index contributed by atoms with van der Waals surface area (Å²) in [5, 5.41) is 0. The van der Waals surface area contributed by atoms with Crippen molar-refractivity contribution in [2.75, 3.05) is 33.2 Å². The summed E-state index contributed by atoms with van der Waals surface area (Å²) in [5.74, 6) is 0.346. The second-order valence-electron chi connectivity index (χ2n) is 6.04. The molecule has 0 N–H and O–H groups in total. The molecule has 3 rings (SSSR count). The second kappa shape index (κ2) is 5.49. The van der Waals surface area contributed by atoms with Crippen LogP contribution < -0.4 is 0 Å².